The predicted octanol–water partition coefficient (Wildman–Crippen LogP) is 2.27. The number of aliphatic hydroxyl groups excluding tert-OH is 1. The quantitative estimate of drug-likeness (QED) is 0.778. The van der Waals surface area contributed by atoms with Gasteiger partial charge in [0, 0.05) is 17.5 Å². The van der Waals surface area contributed by atoms with Gasteiger partial charge in [-0.3, -0.25) is 4.79 Å². The van der Waals surface area contributed by atoms with Crippen LogP contribution in [0, 0.1) is 12.8 Å². The van der Waals surface area contributed by atoms with Crippen LogP contribution in [0.2, 0.25) is 5.02 Å². The smallest absolute Gasteiger partial charge is 0.336 e. The standard InChI is InChI=1S/C17H20ClNO5/c1-9(2)13(7-20)19-16(21)8-23-15-6-14-11(5-12(15)18)10(3)4-17(22)24-14/h4-6,9,13,20H,7-8H2,1-3H3,(H,19,21). The number of nitrogens with one attached hydrogen (secondary N) is 1. The highest BCUT2D eigenvalue weighted by molar-refractivity contribution is 6.32. The zero-order chi connectivity index (χ0) is 17.9. The lowest BCUT2D eigenvalue weighted by atomic mass is 10.1. The first-order valence-electron chi connectivity index (χ1n) is 7.59. The molecule has 6 nitrogen and oxygen atoms in total. The van der Waals surface area contributed by atoms with Crippen LogP contribution in [0.25, 0.3) is 11.0 Å². The Hall–Kier alpha value is -2.05. The van der Waals surface area contributed by atoms with Gasteiger partial charge in [-0.15, -0.1) is 0 Å². The highest BCUT2D eigenvalue weighted by atomic mass is 35.5. The van der Waals surface area contributed by atoms with Gasteiger partial charge in [-0.25, -0.2) is 4.79 Å². The van der Waals surface area contributed by atoms with Gasteiger partial charge in [0.2, 0.25) is 0 Å². The number of hydrogen-bond acceptors (Lipinski definition) is 5. The molecule has 0 aliphatic rings. The molecule has 0 aliphatic heterocycles. The van der Waals surface area contributed by atoms with Crippen LogP contribution < -0.4 is 15.7 Å². The Labute approximate surface area is 144 Å². The SMILES string of the molecule is Cc1cc(=O)oc2cc(OCC(=O)NC(CO)C(C)C)c(Cl)cc12. The molecule has 0 spiro atoms. The Morgan fingerprint density at radius 3 is 2.71 bits per heavy atom. The molecule has 7 heteroatoms. The van der Waals surface area contributed by atoms with Crippen molar-refractivity contribution in [3.63, 3.8) is 0 Å². The second-order valence-electron chi connectivity index (χ2n) is 5.92. The molecule has 1 aromatic carbocycles. The van der Waals surface area contributed by atoms with Crippen LogP contribution in [0.5, 0.6) is 5.75 Å². The van der Waals surface area contributed by atoms with Crippen molar-refractivity contribution in [2.75, 3.05) is 13.2 Å². The fourth-order valence-corrected chi connectivity index (χ4v) is 2.46. The molecule has 0 bridgehead atoms. The zero-order valence-electron chi connectivity index (χ0n) is 13.8. The van der Waals surface area contributed by atoms with E-state index in [9.17, 15) is 14.7 Å². The summed E-state index contributed by atoms with van der Waals surface area (Å²) in [6, 6.07) is 4.17. The summed E-state index contributed by atoms with van der Waals surface area (Å²) in [6.07, 6.45) is 0. The van der Waals surface area contributed by atoms with Gasteiger partial charge in [-0.05, 0) is 24.5 Å². The number of carbonyl (C=O) groups excluding carboxylic acids is 1. The maximum absolute atomic E-state index is 11.9. The molecule has 0 saturated heterocycles. The van der Waals surface area contributed by atoms with Crippen molar-refractivity contribution < 1.29 is 19.1 Å². The molecule has 0 saturated carbocycles. The number of benzene rings is 1. The summed E-state index contributed by atoms with van der Waals surface area (Å²) in [5.41, 5.74) is 0.624. The summed E-state index contributed by atoms with van der Waals surface area (Å²) in [6.45, 7) is 5.17. The molecule has 2 N–H and O–H groups in total. The van der Waals surface area contributed by atoms with E-state index >= 15 is 0 Å². The van der Waals surface area contributed by atoms with E-state index in [4.69, 9.17) is 20.8 Å². The van der Waals surface area contributed by atoms with Crippen molar-refractivity contribution in [3.8, 4) is 5.75 Å². The lowest BCUT2D eigenvalue weighted by Crippen LogP contribution is -2.43. The fraction of sp³-hybridized carbons (Fsp3) is 0.412. The van der Waals surface area contributed by atoms with E-state index in [0.717, 1.165) is 5.56 Å². The van der Waals surface area contributed by atoms with Crippen molar-refractivity contribution in [1.29, 1.82) is 0 Å². The van der Waals surface area contributed by atoms with E-state index in [1.54, 1.807) is 13.0 Å². The summed E-state index contributed by atoms with van der Waals surface area (Å²) >= 11 is 6.17. The van der Waals surface area contributed by atoms with Gasteiger partial charge in [0.25, 0.3) is 5.91 Å². The Kier molecular flexibility index (Phi) is 5.85. The summed E-state index contributed by atoms with van der Waals surface area (Å²) in [5.74, 6) is -0.0248. The molecular formula is C17H20ClNO5. The van der Waals surface area contributed by atoms with E-state index in [1.165, 1.54) is 12.1 Å². The van der Waals surface area contributed by atoms with Gasteiger partial charge in [0.1, 0.15) is 11.3 Å². The topological polar surface area (TPSA) is 88.8 Å². The second-order valence-corrected chi connectivity index (χ2v) is 6.32. The summed E-state index contributed by atoms with van der Waals surface area (Å²) in [7, 11) is 0. The molecule has 1 amide bonds. The normalized spacial score (nSPS) is 12.4. The maximum atomic E-state index is 11.9. The third kappa shape index (κ3) is 4.27. The van der Waals surface area contributed by atoms with Crippen LogP contribution >= 0.6 is 11.6 Å². The monoisotopic (exact) mass is 353 g/mol. The minimum Gasteiger partial charge on any atom is -0.482 e. The number of carbonyl (C=O) groups is 1. The van der Waals surface area contributed by atoms with E-state index < -0.39 is 5.63 Å². The minimum atomic E-state index is -0.464. The van der Waals surface area contributed by atoms with Crippen molar-refractivity contribution in [3.05, 3.63) is 39.2 Å². The van der Waals surface area contributed by atoms with Crippen LogP contribution in [-0.2, 0) is 4.79 Å². The van der Waals surface area contributed by atoms with Gasteiger partial charge < -0.3 is 19.6 Å². The highest BCUT2D eigenvalue weighted by Crippen LogP contribution is 2.30. The van der Waals surface area contributed by atoms with Gasteiger partial charge in [0.15, 0.2) is 6.61 Å². The molecule has 24 heavy (non-hydrogen) atoms. The third-order valence-corrected chi connectivity index (χ3v) is 4.01. The first-order valence-corrected chi connectivity index (χ1v) is 7.96. The van der Waals surface area contributed by atoms with Crippen molar-refractivity contribution in [2.45, 2.75) is 26.8 Å². The summed E-state index contributed by atoms with van der Waals surface area (Å²) in [5, 5.41) is 12.9. The number of aliphatic hydroxyl groups is 1. The maximum Gasteiger partial charge on any atom is 0.336 e. The first kappa shape index (κ1) is 18.3. The molecule has 130 valence electrons. The Bertz CT molecular complexity index is 799. The van der Waals surface area contributed by atoms with Gasteiger partial charge in [-0.1, -0.05) is 25.4 Å². The predicted molar refractivity (Wildman–Crippen MR) is 91.6 cm³/mol. The molecule has 0 aliphatic carbocycles. The average molecular weight is 354 g/mol. The number of hydrogen-bond donors (Lipinski definition) is 2. The zero-order valence-corrected chi connectivity index (χ0v) is 14.5. The number of ether oxygens (including phenoxy) is 1. The average Bonchev–Trinajstić information content (AvgIpc) is 2.51. The highest BCUT2D eigenvalue weighted by Gasteiger charge is 2.16. The molecule has 1 atom stereocenters. The molecule has 0 fully saturated rings. The number of fused-ring (bicyclic) bond motifs is 1. The van der Waals surface area contributed by atoms with Gasteiger partial charge >= 0.3 is 5.63 Å². The molecule has 1 heterocycles. The first-order chi connectivity index (χ1) is 11.3. The lowest BCUT2D eigenvalue weighted by molar-refractivity contribution is -0.124. The van der Waals surface area contributed by atoms with Crippen molar-refractivity contribution in [1.82, 2.24) is 5.32 Å². The molecule has 2 aromatic rings. The number of rotatable bonds is 6. The lowest BCUT2D eigenvalue weighted by Gasteiger charge is -2.20. The number of aryl methyl sites for hydroxylation is 1. The van der Waals surface area contributed by atoms with E-state index in [0.29, 0.717) is 16.0 Å². The van der Waals surface area contributed by atoms with E-state index in [2.05, 4.69) is 5.32 Å². The third-order valence-electron chi connectivity index (χ3n) is 3.71. The Morgan fingerprint density at radius 1 is 1.38 bits per heavy atom. The molecular weight excluding hydrogens is 334 g/mol. The summed E-state index contributed by atoms with van der Waals surface area (Å²) < 4.78 is 10.6. The Morgan fingerprint density at radius 2 is 2.08 bits per heavy atom. The number of amides is 1. The molecule has 1 aromatic heterocycles. The van der Waals surface area contributed by atoms with Crippen LogP contribution in [0.3, 0.4) is 0 Å². The molecule has 0 radical (unpaired) electrons. The van der Waals surface area contributed by atoms with Crippen molar-refractivity contribution >= 4 is 28.5 Å². The molecule has 2 rings (SSSR count). The van der Waals surface area contributed by atoms with Crippen molar-refractivity contribution in [2.24, 2.45) is 5.92 Å². The van der Waals surface area contributed by atoms with E-state index in [-0.39, 0.29) is 36.8 Å². The minimum absolute atomic E-state index is 0.0976. The largest absolute Gasteiger partial charge is 0.482 e. The van der Waals surface area contributed by atoms with Crippen LogP contribution in [0.1, 0.15) is 19.4 Å². The Balaban J connectivity index is 2.14. The molecule has 1 unspecified atom stereocenters. The van der Waals surface area contributed by atoms with Crippen LogP contribution in [-0.4, -0.2) is 30.3 Å². The van der Waals surface area contributed by atoms with Gasteiger partial charge in [0.05, 0.1) is 17.7 Å². The van der Waals surface area contributed by atoms with Crippen LogP contribution in [0.4, 0.5) is 0 Å². The fourth-order valence-electron chi connectivity index (χ4n) is 2.25. The van der Waals surface area contributed by atoms with E-state index in [1.807, 2.05) is 13.8 Å². The second kappa shape index (κ2) is 7.68. The number of halogens is 1. The van der Waals surface area contributed by atoms with Crippen LogP contribution in [0.15, 0.2) is 27.4 Å². The summed E-state index contributed by atoms with van der Waals surface area (Å²) in [4.78, 5) is 23.4. The van der Waals surface area contributed by atoms with Gasteiger partial charge in [-0.2, -0.15) is 0 Å².